The van der Waals surface area contributed by atoms with Crippen molar-refractivity contribution in [2.45, 2.75) is 5.92 Å². The Morgan fingerprint density at radius 3 is 2.75 bits per heavy atom. The van der Waals surface area contributed by atoms with Crippen molar-refractivity contribution in [3.8, 4) is 5.75 Å². The monoisotopic (exact) mass is 263 g/mol. The first-order valence-electron chi connectivity index (χ1n) is 6.65. The summed E-state index contributed by atoms with van der Waals surface area (Å²) in [6.07, 6.45) is 1.94. The number of rotatable bonds is 1. The molecule has 0 saturated carbocycles. The van der Waals surface area contributed by atoms with Gasteiger partial charge in [0.1, 0.15) is 12.4 Å². The van der Waals surface area contributed by atoms with Crippen LogP contribution in [0.1, 0.15) is 17.0 Å². The van der Waals surface area contributed by atoms with Crippen molar-refractivity contribution >= 4 is 16.7 Å². The van der Waals surface area contributed by atoms with E-state index in [-0.39, 0.29) is 18.3 Å². The molecule has 0 spiro atoms. The first kappa shape index (κ1) is 11.3. The Hall–Kier alpha value is -2.55. The molecule has 0 fully saturated rings. The van der Waals surface area contributed by atoms with Gasteiger partial charge in [0.25, 0.3) is 0 Å². The van der Waals surface area contributed by atoms with Gasteiger partial charge in [-0.2, -0.15) is 0 Å². The van der Waals surface area contributed by atoms with Crippen LogP contribution in [0.4, 0.5) is 0 Å². The summed E-state index contributed by atoms with van der Waals surface area (Å²) in [5, 5.41) is 1.10. The molecule has 1 N–H and O–H groups in total. The van der Waals surface area contributed by atoms with E-state index in [1.165, 1.54) is 0 Å². The lowest BCUT2D eigenvalue weighted by molar-refractivity contribution is -0.122. The second-order valence-electron chi connectivity index (χ2n) is 5.02. The maximum Gasteiger partial charge on any atom is 0.182 e. The largest absolute Gasteiger partial charge is 0.485 e. The molecule has 1 aromatic heterocycles. The predicted octanol–water partition coefficient (Wildman–Crippen LogP) is 3.26. The number of carbonyl (C=O) groups is 1. The van der Waals surface area contributed by atoms with Gasteiger partial charge in [-0.3, -0.25) is 4.79 Å². The zero-order chi connectivity index (χ0) is 13.5. The Bertz CT molecular complexity index is 803. The minimum absolute atomic E-state index is 0.105. The normalized spacial score (nSPS) is 17.8. The number of aromatic nitrogens is 1. The average Bonchev–Trinajstić information content (AvgIpc) is 2.91. The zero-order valence-corrected chi connectivity index (χ0v) is 10.8. The highest BCUT2D eigenvalue weighted by Crippen LogP contribution is 2.38. The quantitative estimate of drug-likeness (QED) is 0.732. The van der Waals surface area contributed by atoms with Crippen LogP contribution in [0.25, 0.3) is 10.9 Å². The number of benzene rings is 2. The van der Waals surface area contributed by atoms with Gasteiger partial charge in [0, 0.05) is 22.7 Å². The highest BCUT2D eigenvalue weighted by atomic mass is 16.5. The molecule has 2 aromatic carbocycles. The van der Waals surface area contributed by atoms with E-state index in [0.29, 0.717) is 0 Å². The van der Waals surface area contributed by atoms with Gasteiger partial charge in [0.05, 0.1) is 5.92 Å². The molecule has 1 aliphatic rings. The van der Waals surface area contributed by atoms with Crippen LogP contribution in [0.15, 0.2) is 54.7 Å². The maximum absolute atomic E-state index is 12.4. The topological polar surface area (TPSA) is 42.1 Å². The van der Waals surface area contributed by atoms with E-state index in [9.17, 15) is 4.79 Å². The summed E-state index contributed by atoms with van der Waals surface area (Å²) in [7, 11) is 0. The van der Waals surface area contributed by atoms with Gasteiger partial charge in [-0.1, -0.05) is 36.4 Å². The fraction of sp³-hybridized carbons (Fsp3) is 0.118. The van der Waals surface area contributed by atoms with Crippen molar-refractivity contribution in [1.29, 1.82) is 0 Å². The molecule has 0 aliphatic carbocycles. The Morgan fingerprint density at radius 1 is 1.00 bits per heavy atom. The van der Waals surface area contributed by atoms with Gasteiger partial charge in [-0.05, 0) is 17.7 Å². The van der Waals surface area contributed by atoms with Crippen LogP contribution >= 0.6 is 0 Å². The number of aromatic amines is 1. The van der Waals surface area contributed by atoms with Gasteiger partial charge in [0.15, 0.2) is 5.78 Å². The molecule has 20 heavy (non-hydrogen) atoms. The van der Waals surface area contributed by atoms with E-state index in [1.54, 1.807) is 0 Å². The lowest BCUT2D eigenvalue weighted by atomic mass is 9.85. The number of ketones is 1. The summed E-state index contributed by atoms with van der Waals surface area (Å²) < 4.78 is 5.52. The first-order chi connectivity index (χ1) is 9.84. The lowest BCUT2D eigenvalue weighted by Crippen LogP contribution is -2.26. The lowest BCUT2D eigenvalue weighted by Gasteiger charge is -2.24. The van der Waals surface area contributed by atoms with Crippen molar-refractivity contribution in [2.24, 2.45) is 0 Å². The fourth-order valence-corrected chi connectivity index (χ4v) is 2.93. The average molecular weight is 263 g/mol. The van der Waals surface area contributed by atoms with Crippen LogP contribution in [0.5, 0.6) is 5.75 Å². The van der Waals surface area contributed by atoms with Crippen molar-refractivity contribution in [2.75, 3.05) is 6.61 Å². The SMILES string of the molecule is O=C1COc2ccccc2C1c1c[nH]c2ccccc12. The van der Waals surface area contributed by atoms with Crippen LogP contribution in [0.3, 0.4) is 0 Å². The molecule has 3 nitrogen and oxygen atoms in total. The molecule has 0 saturated heterocycles. The molecule has 1 atom stereocenters. The third-order valence-corrected chi connectivity index (χ3v) is 3.85. The van der Waals surface area contributed by atoms with Gasteiger partial charge >= 0.3 is 0 Å². The molecular formula is C17H13NO2. The van der Waals surface area contributed by atoms with Gasteiger partial charge in [-0.25, -0.2) is 0 Å². The summed E-state index contributed by atoms with van der Waals surface area (Å²) in [6.45, 7) is 0.140. The predicted molar refractivity (Wildman–Crippen MR) is 77.1 cm³/mol. The molecule has 1 aliphatic heterocycles. The van der Waals surface area contributed by atoms with E-state index in [1.807, 2.05) is 54.7 Å². The summed E-state index contributed by atoms with van der Waals surface area (Å²) >= 11 is 0. The molecule has 0 amide bonds. The standard InChI is InChI=1S/C17H13NO2/c19-15-10-20-16-8-4-2-6-12(16)17(15)13-9-18-14-7-3-1-5-11(13)14/h1-9,17-18H,10H2. The Labute approximate surface area is 116 Å². The molecule has 4 rings (SSSR count). The van der Waals surface area contributed by atoms with E-state index >= 15 is 0 Å². The minimum atomic E-state index is -0.240. The van der Waals surface area contributed by atoms with Crippen LogP contribution in [-0.4, -0.2) is 17.4 Å². The molecular weight excluding hydrogens is 250 g/mol. The number of H-pyrrole nitrogens is 1. The first-order valence-corrected chi connectivity index (χ1v) is 6.65. The van der Waals surface area contributed by atoms with E-state index < -0.39 is 0 Å². The highest BCUT2D eigenvalue weighted by Gasteiger charge is 2.31. The van der Waals surface area contributed by atoms with E-state index in [4.69, 9.17) is 4.74 Å². The van der Waals surface area contributed by atoms with E-state index in [0.717, 1.165) is 27.8 Å². The number of hydrogen-bond acceptors (Lipinski definition) is 2. The van der Waals surface area contributed by atoms with Crippen LogP contribution < -0.4 is 4.74 Å². The molecule has 1 unspecified atom stereocenters. The molecule has 3 heteroatoms. The van der Waals surface area contributed by atoms with Gasteiger partial charge in [0.2, 0.25) is 0 Å². The number of nitrogens with one attached hydrogen (secondary N) is 1. The van der Waals surface area contributed by atoms with Crippen molar-refractivity contribution in [3.05, 3.63) is 65.9 Å². The Balaban J connectivity index is 1.95. The number of Topliss-reactive ketones (excluding diaryl/α,β-unsaturated/α-hetero) is 1. The number of para-hydroxylation sites is 2. The molecule has 0 bridgehead atoms. The van der Waals surface area contributed by atoms with Crippen molar-refractivity contribution in [3.63, 3.8) is 0 Å². The fourth-order valence-electron chi connectivity index (χ4n) is 2.93. The van der Waals surface area contributed by atoms with E-state index in [2.05, 4.69) is 4.98 Å². The smallest absolute Gasteiger partial charge is 0.182 e. The third-order valence-electron chi connectivity index (χ3n) is 3.85. The number of ether oxygens (including phenoxy) is 1. The Morgan fingerprint density at radius 2 is 1.80 bits per heavy atom. The van der Waals surface area contributed by atoms with Gasteiger partial charge in [-0.15, -0.1) is 0 Å². The minimum Gasteiger partial charge on any atom is -0.485 e. The number of fused-ring (bicyclic) bond motifs is 2. The summed E-state index contributed by atoms with van der Waals surface area (Å²) in [5.41, 5.74) is 3.04. The van der Waals surface area contributed by atoms with Crippen molar-refractivity contribution < 1.29 is 9.53 Å². The summed E-state index contributed by atoms with van der Waals surface area (Å²) in [4.78, 5) is 15.6. The van der Waals surface area contributed by atoms with Crippen LogP contribution in [-0.2, 0) is 4.79 Å². The third kappa shape index (κ3) is 1.56. The molecule has 3 aromatic rings. The highest BCUT2D eigenvalue weighted by molar-refractivity contribution is 5.97. The molecule has 2 heterocycles. The molecule has 98 valence electrons. The molecule has 0 radical (unpaired) electrons. The second-order valence-corrected chi connectivity index (χ2v) is 5.02. The van der Waals surface area contributed by atoms with Crippen LogP contribution in [0, 0.1) is 0 Å². The van der Waals surface area contributed by atoms with Gasteiger partial charge < -0.3 is 9.72 Å². The maximum atomic E-state index is 12.4. The summed E-state index contributed by atoms with van der Waals surface area (Å²) in [5.74, 6) is 0.673. The Kier molecular flexibility index (Phi) is 2.39. The van der Waals surface area contributed by atoms with Crippen LogP contribution in [0.2, 0.25) is 0 Å². The second kappa shape index (κ2) is 4.23. The van der Waals surface area contributed by atoms with Crippen molar-refractivity contribution in [1.82, 2.24) is 4.98 Å². The summed E-state index contributed by atoms with van der Waals surface area (Å²) in [6, 6.07) is 15.8. The number of carbonyl (C=O) groups excluding carboxylic acids is 1. The number of hydrogen-bond donors (Lipinski definition) is 1. The zero-order valence-electron chi connectivity index (χ0n) is 10.8.